The molecule has 0 aliphatic carbocycles. The van der Waals surface area contributed by atoms with Gasteiger partial charge in [0.05, 0.1) is 0 Å². The molecule has 0 unspecified atom stereocenters. The zero-order valence-electron chi connectivity index (χ0n) is 19.6. The van der Waals surface area contributed by atoms with E-state index in [0.717, 1.165) is 0 Å². The fourth-order valence-electron chi connectivity index (χ4n) is 4.42. The molecular weight excluding hydrogens is 405 g/mol. The molecule has 0 saturated carbocycles. The summed E-state index contributed by atoms with van der Waals surface area (Å²) in [5, 5.41) is 5.66. The van der Waals surface area contributed by atoms with Crippen molar-refractivity contribution in [2.75, 3.05) is 19.6 Å². The van der Waals surface area contributed by atoms with Crippen LogP contribution in [0.5, 0.6) is 0 Å². The third-order valence-electron chi connectivity index (χ3n) is 6.17. The van der Waals surface area contributed by atoms with Gasteiger partial charge in [-0.3, -0.25) is 0 Å². The van der Waals surface area contributed by atoms with E-state index in [1.54, 1.807) is 0 Å². The average molecular weight is 442 g/mol. The SMILES string of the molecule is CCN(CC)CC.c1ccc([PH](c2ccccc2)(c2ccccc2)c2ccccc2)cc1. The Bertz CT molecular complexity index is 844. The number of nitrogens with zero attached hydrogens (tertiary/aromatic N) is 1. The molecule has 0 aromatic heterocycles. The monoisotopic (exact) mass is 441 g/mol. The zero-order valence-corrected chi connectivity index (χ0v) is 20.6. The topological polar surface area (TPSA) is 3.24 Å². The van der Waals surface area contributed by atoms with Crippen LogP contribution in [0.15, 0.2) is 121 Å². The van der Waals surface area contributed by atoms with Crippen molar-refractivity contribution in [3.8, 4) is 0 Å². The summed E-state index contributed by atoms with van der Waals surface area (Å²) >= 11 is 0. The van der Waals surface area contributed by atoms with Crippen molar-refractivity contribution in [3.05, 3.63) is 121 Å². The molecule has 4 rings (SSSR count). The van der Waals surface area contributed by atoms with Gasteiger partial charge in [-0.2, -0.15) is 0 Å². The first-order valence-corrected chi connectivity index (χ1v) is 13.7. The third kappa shape index (κ3) is 5.36. The molecule has 0 spiro atoms. The van der Waals surface area contributed by atoms with Gasteiger partial charge in [0, 0.05) is 0 Å². The summed E-state index contributed by atoms with van der Waals surface area (Å²) in [6, 6.07) is 44.0. The second-order valence-electron chi connectivity index (χ2n) is 7.83. The van der Waals surface area contributed by atoms with Gasteiger partial charge in [0.1, 0.15) is 0 Å². The van der Waals surface area contributed by atoms with E-state index in [1.165, 1.54) is 40.9 Å². The number of hydrogen-bond acceptors (Lipinski definition) is 1. The molecule has 0 aliphatic heterocycles. The van der Waals surface area contributed by atoms with Crippen molar-refractivity contribution in [2.45, 2.75) is 20.8 Å². The molecular formula is C30H36NP. The summed E-state index contributed by atoms with van der Waals surface area (Å²) in [5.74, 6) is 0. The Kier molecular flexibility index (Phi) is 9.23. The second-order valence-corrected chi connectivity index (χ2v) is 11.6. The van der Waals surface area contributed by atoms with Gasteiger partial charge >= 0.3 is 150 Å². The van der Waals surface area contributed by atoms with E-state index in [-0.39, 0.29) is 0 Å². The van der Waals surface area contributed by atoms with Gasteiger partial charge in [-0.25, -0.2) is 0 Å². The van der Waals surface area contributed by atoms with Crippen molar-refractivity contribution >= 4 is 28.5 Å². The molecule has 2 heteroatoms. The van der Waals surface area contributed by atoms with Gasteiger partial charge in [-0.1, -0.05) is 20.8 Å². The molecule has 0 amide bonds. The predicted molar refractivity (Wildman–Crippen MR) is 146 cm³/mol. The Morgan fingerprint density at radius 3 is 0.781 bits per heavy atom. The molecule has 1 nitrogen and oxygen atoms in total. The Balaban J connectivity index is 0.000000360. The van der Waals surface area contributed by atoms with E-state index in [0.29, 0.717) is 0 Å². The van der Waals surface area contributed by atoms with E-state index < -0.39 is 7.26 Å². The molecule has 0 atom stereocenters. The van der Waals surface area contributed by atoms with Gasteiger partial charge < -0.3 is 4.90 Å². The van der Waals surface area contributed by atoms with E-state index in [1.807, 2.05) is 0 Å². The molecule has 0 bridgehead atoms. The molecule has 0 heterocycles. The van der Waals surface area contributed by atoms with Crippen molar-refractivity contribution in [1.29, 1.82) is 0 Å². The Labute approximate surface area is 195 Å². The number of benzene rings is 4. The van der Waals surface area contributed by atoms with Crippen LogP contribution in [-0.4, -0.2) is 24.5 Å². The van der Waals surface area contributed by atoms with Gasteiger partial charge in [0.25, 0.3) is 0 Å². The molecule has 166 valence electrons. The standard InChI is InChI=1S/C24H21P.C6H15N/c1-5-13-21(14-6-1)25(22-15-7-2-8-16-22,23-17-9-3-10-18-23)24-19-11-4-12-20-24;1-4-7(5-2)6-3/h1-20,25H;4-6H2,1-3H3. The summed E-state index contributed by atoms with van der Waals surface area (Å²) in [4.78, 5) is 2.38. The number of rotatable bonds is 7. The van der Waals surface area contributed by atoms with E-state index in [9.17, 15) is 0 Å². The molecule has 32 heavy (non-hydrogen) atoms. The Morgan fingerprint density at radius 2 is 0.625 bits per heavy atom. The van der Waals surface area contributed by atoms with E-state index in [2.05, 4.69) is 147 Å². The Morgan fingerprint density at radius 1 is 0.406 bits per heavy atom. The van der Waals surface area contributed by atoms with Crippen LogP contribution in [0.3, 0.4) is 0 Å². The maximum absolute atomic E-state index is 2.38. The maximum atomic E-state index is 2.38. The third-order valence-corrected chi connectivity index (χ3v) is 11.0. The van der Waals surface area contributed by atoms with Gasteiger partial charge in [-0.15, -0.1) is 0 Å². The van der Waals surface area contributed by atoms with Gasteiger partial charge in [0.2, 0.25) is 0 Å². The molecule has 0 fully saturated rings. The molecule has 4 aromatic rings. The van der Waals surface area contributed by atoms with Crippen LogP contribution in [0.25, 0.3) is 0 Å². The van der Waals surface area contributed by atoms with Crippen LogP contribution >= 0.6 is 7.26 Å². The minimum atomic E-state index is -2.30. The number of hydrogen-bond donors (Lipinski definition) is 0. The summed E-state index contributed by atoms with van der Waals surface area (Å²) in [6.45, 7) is 10.1. The fraction of sp³-hybridized carbons (Fsp3) is 0.200. The van der Waals surface area contributed by atoms with Crippen LogP contribution in [0.1, 0.15) is 20.8 Å². The van der Waals surface area contributed by atoms with Crippen LogP contribution in [0.4, 0.5) is 0 Å². The van der Waals surface area contributed by atoms with Crippen LogP contribution in [0.2, 0.25) is 0 Å². The molecule has 0 N–H and O–H groups in total. The molecule has 0 radical (unpaired) electrons. The first kappa shape index (κ1) is 23.9. The van der Waals surface area contributed by atoms with Crippen molar-refractivity contribution < 1.29 is 0 Å². The van der Waals surface area contributed by atoms with Crippen LogP contribution < -0.4 is 21.2 Å². The summed E-state index contributed by atoms with van der Waals surface area (Å²) in [6.07, 6.45) is 0. The summed E-state index contributed by atoms with van der Waals surface area (Å²) < 4.78 is 0. The Hall–Kier alpha value is -2.73. The molecule has 0 aliphatic rings. The van der Waals surface area contributed by atoms with Gasteiger partial charge in [-0.05, 0) is 19.6 Å². The summed E-state index contributed by atoms with van der Waals surface area (Å²) in [5.41, 5.74) is 0. The van der Waals surface area contributed by atoms with E-state index >= 15 is 0 Å². The first-order chi connectivity index (χ1) is 15.8. The fourth-order valence-corrected chi connectivity index (χ4v) is 9.19. The van der Waals surface area contributed by atoms with Crippen molar-refractivity contribution in [1.82, 2.24) is 4.90 Å². The quantitative estimate of drug-likeness (QED) is 0.348. The van der Waals surface area contributed by atoms with Gasteiger partial charge in [0.15, 0.2) is 0 Å². The first-order valence-electron chi connectivity index (χ1n) is 11.7. The molecule has 0 saturated heterocycles. The normalized spacial score (nSPS) is 11.5. The summed E-state index contributed by atoms with van der Waals surface area (Å²) in [7, 11) is -2.30. The van der Waals surface area contributed by atoms with E-state index in [4.69, 9.17) is 0 Å². The molecule has 4 aromatic carbocycles. The van der Waals surface area contributed by atoms with Crippen LogP contribution in [0, 0.1) is 0 Å². The zero-order chi connectivity index (χ0) is 22.7. The minimum absolute atomic E-state index is 1.19. The predicted octanol–water partition coefficient (Wildman–Crippen LogP) is 5.39. The van der Waals surface area contributed by atoms with Crippen molar-refractivity contribution in [3.63, 3.8) is 0 Å². The van der Waals surface area contributed by atoms with Crippen LogP contribution in [-0.2, 0) is 0 Å². The average Bonchev–Trinajstić information content (AvgIpc) is 2.89. The second kappa shape index (κ2) is 12.3. The van der Waals surface area contributed by atoms with Crippen molar-refractivity contribution in [2.24, 2.45) is 0 Å².